The molecule has 0 radical (unpaired) electrons. The Morgan fingerprint density at radius 2 is 1.90 bits per heavy atom. The predicted molar refractivity (Wildman–Crippen MR) is 120 cm³/mol. The summed E-state index contributed by atoms with van der Waals surface area (Å²) < 4.78 is 0.869. The quantitative estimate of drug-likeness (QED) is 0.405. The molecular formula is C22H33BrN4O2. The van der Waals surface area contributed by atoms with Crippen LogP contribution in [0.5, 0.6) is 0 Å². The largest absolute Gasteiger partial charge is 0.370 e. The molecule has 7 heteroatoms. The molecule has 0 aliphatic heterocycles. The number of nitrogens with two attached hydrogens (primary N) is 1. The van der Waals surface area contributed by atoms with E-state index in [1.807, 2.05) is 24.3 Å². The van der Waals surface area contributed by atoms with Gasteiger partial charge in [-0.15, -0.1) is 0 Å². The van der Waals surface area contributed by atoms with Crippen LogP contribution in [-0.4, -0.2) is 30.4 Å². The summed E-state index contributed by atoms with van der Waals surface area (Å²) >= 11 is 3.44. The van der Waals surface area contributed by atoms with Gasteiger partial charge in [0.05, 0.1) is 6.42 Å². The van der Waals surface area contributed by atoms with Gasteiger partial charge in [0.15, 0.2) is 5.96 Å². The summed E-state index contributed by atoms with van der Waals surface area (Å²) in [6.45, 7) is 4.70. The summed E-state index contributed by atoms with van der Waals surface area (Å²) in [5, 5.41) is 5.59. The van der Waals surface area contributed by atoms with Crippen LogP contribution in [0.4, 0.5) is 0 Å². The van der Waals surface area contributed by atoms with E-state index in [1.54, 1.807) is 0 Å². The van der Waals surface area contributed by atoms with Gasteiger partial charge < -0.3 is 11.1 Å². The summed E-state index contributed by atoms with van der Waals surface area (Å²) in [5.41, 5.74) is 6.86. The molecule has 2 amide bonds. The van der Waals surface area contributed by atoms with Crippen molar-refractivity contribution in [3.05, 3.63) is 34.3 Å². The predicted octanol–water partition coefficient (Wildman–Crippen LogP) is 3.53. The molecule has 1 unspecified atom stereocenters. The van der Waals surface area contributed by atoms with E-state index >= 15 is 0 Å². The van der Waals surface area contributed by atoms with Gasteiger partial charge >= 0.3 is 0 Å². The number of nitrogens with zero attached hydrogens (tertiary/aromatic N) is 1. The van der Waals surface area contributed by atoms with Crippen molar-refractivity contribution in [1.82, 2.24) is 10.6 Å². The van der Waals surface area contributed by atoms with Crippen LogP contribution in [0.25, 0.3) is 0 Å². The third kappa shape index (κ3) is 8.56. The van der Waals surface area contributed by atoms with Crippen LogP contribution in [-0.2, 0) is 16.0 Å². The highest BCUT2D eigenvalue weighted by Gasteiger charge is 2.24. The number of guanidine groups is 1. The second-order valence-corrected chi connectivity index (χ2v) is 9.08. The Hall–Kier alpha value is -1.89. The molecule has 1 atom stereocenters. The van der Waals surface area contributed by atoms with Crippen molar-refractivity contribution in [2.24, 2.45) is 22.6 Å². The van der Waals surface area contributed by atoms with Gasteiger partial charge in [-0.3, -0.25) is 14.9 Å². The lowest BCUT2D eigenvalue weighted by atomic mass is 9.84. The lowest BCUT2D eigenvalue weighted by molar-refractivity contribution is -0.123. The van der Waals surface area contributed by atoms with Crippen LogP contribution in [0, 0.1) is 11.8 Å². The molecule has 1 aliphatic rings. The Kier molecular flexibility index (Phi) is 9.64. The Bertz CT molecular complexity index is 715. The van der Waals surface area contributed by atoms with Gasteiger partial charge in [0.1, 0.15) is 6.04 Å². The molecule has 1 fully saturated rings. The fourth-order valence-electron chi connectivity index (χ4n) is 3.58. The third-order valence-electron chi connectivity index (χ3n) is 5.14. The molecule has 6 nitrogen and oxygen atoms in total. The molecule has 0 aromatic heterocycles. The van der Waals surface area contributed by atoms with Crippen molar-refractivity contribution in [3.63, 3.8) is 0 Å². The van der Waals surface area contributed by atoms with Crippen molar-refractivity contribution in [3.8, 4) is 0 Å². The maximum atomic E-state index is 12.7. The first-order valence-electron chi connectivity index (χ1n) is 10.5. The Morgan fingerprint density at radius 1 is 1.21 bits per heavy atom. The zero-order chi connectivity index (χ0) is 21.2. The molecule has 1 saturated carbocycles. The molecule has 4 N–H and O–H groups in total. The second kappa shape index (κ2) is 12.0. The molecule has 160 valence electrons. The SMILES string of the molecule is CC(C)CNC(=O)C(CC1CCCCC1)N=C(N)NC(=O)Cc1ccccc1Br. The van der Waals surface area contributed by atoms with Gasteiger partial charge in [-0.1, -0.05) is 80.1 Å². The molecule has 1 aliphatic carbocycles. The number of carbonyl (C=O) groups is 2. The highest BCUT2D eigenvalue weighted by Crippen LogP contribution is 2.28. The average molecular weight is 465 g/mol. The van der Waals surface area contributed by atoms with Crippen molar-refractivity contribution in [2.45, 2.75) is 64.8 Å². The van der Waals surface area contributed by atoms with Crippen molar-refractivity contribution >= 4 is 33.7 Å². The molecule has 29 heavy (non-hydrogen) atoms. The van der Waals surface area contributed by atoms with E-state index in [2.05, 4.69) is 45.4 Å². The topological polar surface area (TPSA) is 96.6 Å². The van der Waals surface area contributed by atoms with E-state index in [0.717, 1.165) is 22.9 Å². The number of halogens is 1. The first-order chi connectivity index (χ1) is 13.8. The summed E-state index contributed by atoms with van der Waals surface area (Å²) in [7, 11) is 0. The molecule has 0 heterocycles. The van der Waals surface area contributed by atoms with Crippen molar-refractivity contribution in [1.29, 1.82) is 0 Å². The molecule has 0 saturated heterocycles. The van der Waals surface area contributed by atoms with Crippen molar-refractivity contribution in [2.75, 3.05) is 6.54 Å². The van der Waals surface area contributed by atoms with E-state index < -0.39 is 6.04 Å². The molecule has 1 aromatic carbocycles. The maximum Gasteiger partial charge on any atom is 0.244 e. The van der Waals surface area contributed by atoms with Crippen LogP contribution in [0.2, 0.25) is 0 Å². The number of nitrogens with one attached hydrogen (secondary N) is 2. The van der Waals surface area contributed by atoms with Crippen LogP contribution in [0.15, 0.2) is 33.7 Å². The average Bonchev–Trinajstić information content (AvgIpc) is 2.68. The minimum Gasteiger partial charge on any atom is -0.370 e. The second-order valence-electron chi connectivity index (χ2n) is 8.23. The number of hydrogen-bond acceptors (Lipinski definition) is 3. The zero-order valence-electron chi connectivity index (χ0n) is 17.4. The smallest absolute Gasteiger partial charge is 0.244 e. The highest BCUT2D eigenvalue weighted by molar-refractivity contribution is 9.10. The molecule has 0 bridgehead atoms. The number of carbonyl (C=O) groups excluding carboxylic acids is 2. The third-order valence-corrected chi connectivity index (χ3v) is 5.91. The standard InChI is InChI=1S/C22H33BrN4O2/c1-15(2)14-25-21(29)19(12-16-8-4-3-5-9-16)26-22(24)27-20(28)13-17-10-6-7-11-18(17)23/h6-7,10-11,15-16,19H,3-5,8-9,12-14H2,1-2H3,(H,25,29)(H3,24,26,27,28). The van der Waals surface area contributed by atoms with Gasteiger partial charge in [-0.2, -0.15) is 0 Å². The van der Waals surface area contributed by atoms with Gasteiger partial charge in [-0.25, -0.2) is 4.99 Å². The normalized spacial score (nSPS) is 16.5. The molecule has 2 rings (SSSR count). The fraction of sp³-hybridized carbons (Fsp3) is 0.591. The summed E-state index contributed by atoms with van der Waals surface area (Å²) in [4.78, 5) is 29.4. The lowest BCUT2D eigenvalue weighted by Crippen LogP contribution is -2.42. The Labute approximate surface area is 182 Å². The van der Waals surface area contributed by atoms with E-state index in [1.165, 1.54) is 19.3 Å². The number of rotatable bonds is 8. The van der Waals surface area contributed by atoms with E-state index in [4.69, 9.17) is 5.73 Å². The van der Waals surface area contributed by atoms with Crippen LogP contribution in [0.3, 0.4) is 0 Å². The Balaban J connectivity index is 2.01. The zero-order valence-corrected chi connectivity index (χ0v) is 19.0. The lowest BCUT2D eigenvalue weighted by Gasteiger charge is -2.24. The maximum absolute atomic E-state index is 12.7. The van der Waals surface area contributed by atoms with Crippen molar-refractivity contribution < 1.29 is 9.59 Å². The van der Waals surface area contributed by atoms with Crippen LogP contribution < -0.4 is 16.4 Å². The van der Waals surface area contributed by atoms with Gasteiger partial charge in [0.2, 0.25) is 11.8 Å². The minimum atomic E-state index is -0.569. The molecular weight excluding hydrogens is 432 g/mol. The first kappa shape index (κ1) is 23.4. The Morgan fingerprint density at radius 3 is 2.55 bits per heavy atom. The fourth-order valence-corrected chi connectivity index (χ4v) is 4.01. The first-order valence-corrected chi connectivity index (χ1v) is 11.3. The van der Waals surface area contributed by atoms with E-state index in [9.17, 15) is 9.59 Å². The number of amides is 2. The molecule has 1 aromatic rings. The summed E-state index contributed by atoms with van der Waals surface area (Å²) in [6.07, 6.45) is 6.77. The highest BCUT2D eigenvalue weighted by atomic mass is 79.9. The van der Waals surface area contributed by atoms with Gasteiger partial charge in [-0.05, 0) is 29.9 Å². The van der Waals surface area contributed by atoms with E-state index in [-0.39, 0.29) is 24.2 Å². The monoisotopic (exact) mass is 464 g/mol. The number of hydrogen-bond donors (Lipinski definition) is 3. The minimum absolute atomic E-state index is 0.00237. The van der Waals surface area contributed by atoms with Gasteiger partial charge in [0.25, 0.3) is 0 Å². The van der Waals surface area contributed by atoms with Gasteiger partial charge in [0, 0.05) is 11.0 Å². The van der Waals surface area contributed by atoms with E-state index in [0.29, 0.717) is 24.8 Å². The van der Waals surface area contributed by atoms with Crippen LogP contribution >= 0.6 is 15.9 Å². The summed E-state index contributed by atoms with van der Waals surface area (Å²) in [5.74, 6) is 0.470. The molecule has 0 spiro atoms. The van der Waals surface area contributed by atoms with Crippen LogP contribution in [0.1, 0.15) is 57.9 Å². The summed E-state index contributed by atoms with van der Waals surface area (Å²) in [6, 6.07) is 6.97. The number of benzene rings is 1. The number of aliphatic imine (C=N–C) groups is 1.